The number of aliphatic hydroxyl groups excluding tert-OH is 1. The van der Waals surface area contributed by atoms with Gasteiger partial charge in [0.05, 0.1) is 18.8 Å². The molecule has 0 amide bonds. The second-order valence-corrected chi connectivity index (χ2v) is 6.46. The molecule has 1 saturated heterocycles. The molecule has 1 heterocycles. The number of hydrogen-bond donors (Lipinski definition) is 2. The molecular formula is C17H26N2O2. The molecule has 1 aromatic carbocycles. The number of likely N-dealkylation sites (N-methyl/N-ethyl adjacent to an activating group) is 1. The first-order valence-electron chi connectivity index (χ1n) is 7.95. The molecule has 1 aromatic rings. The molecule has 3 rings (SSSR count). The van der Waals surface area contributed by atoms with E-state index in [-0.39, 0.29) is 12.1 Å². The van der Waals surface area contributed by atoms with E-state index in [2.05, 4.69) is 29.4 Å². The van der Waals surface area contributed by atoms with Gasteiger partial charge in [0, 0.05) is 25.2 Å². The third-order valence-corrected chi connectivity index (χ3v) is 4.70. The maximum atomic E-state index is 10.2. The summed E-state index contributed by atoms with van der Waals surface area (Å²) < 4.78 is 5.50. The first kappa shape index (κ1) is 15.0. The second-order valence-electron chi connectivity index (χ2n) is 6.46. The average molecular weight is 290 g/mol. The summed E-state index contributed by atoms with van der Waals surface area (Å²) in [5.74, 6) is 0. The SMILES string of the molecule is CN(CC(CO)(NC1CC1)c1ccccc1)C1CCOC1. The Morgan fingerprint density at radius 3 is 2.62 bits per heavy atom. The zero-order valence-corrected chi connectivity index (χ0v) is 12.8. The van der Waals surface area contributed by atoms with E-state index in [1.54, 1.807) is 0 Å². The number of aliphatic hydroxyl groups is 1. The fraction of sp³-hybridized carbons (Fsp3) is 0.647. The van der Waals surface area contributed by atoms with Crippen LogP contribution in [0.1, 0.15) is 24.8 Å². The predicted molar refractivity (Wildman–Crippen MR) is 83.2 cm³/mol. The van der Waals surface area contributed by atoms with E-state index < -0.39 is 0 Å². The number of nitrogens with one attached hydrogen (secondary N) is 1. The van der Waals surface area contributed by atoms with E-state index in [0.717, 1.165) is 26.2 Å². The lowest BCUT2D eigenvalue weighted by Gasteiger charge is -2.39. The van der Waals surface area contributed by atoms with Gasteiger partial charge in [-0.05, 0) is 31.9 Å². The zero-order chi connectivity index (χ0) is 14.7. The van der Waals surface area contributed by atoms with Gasteiger partial charge in [0.1, 0.15) is 0 Å². The van der Waals surface area contributed by atoms with Crippen LogP contribution in [0.3, 0.4) is 0 Å². The van der Waals surface area contributed by atoms with E-state index in [1.165, 1.54) is 18.4 Å². The van der Waals surface area contributed by atoms with Crippen LogP contribution in [0.25, 0.3) is 0 Å². The Morgan fingerprint density at radius 2 is 2.05 bits per heavy atom. The number of hydrogen-bond acceptors (Lipinski definition) is 4. The van der Waals surface area contributed by atoms with Gasteiger partial charge in [-0.1, -0.05) is 30.3 Å². The summed E-state index contributed by atoms with van der Waals surface area (Å²) in [6, 6.07) is 11.4. The molecule has 0 bridgehead atoms. The van der Waals surface area contributed by atoms with Crippen LogP contribution in [0.2, 0.25) is 0 Å². The number of benzene rings is 1. The van der Waals surface area contributed by atoms with Crippen LogP contribution in [0.15, 0.2) is 30.3 Å². The number of nitrogens with zero attached hydrogens (tertiary/aromatic N) is 1. The van der Waals surface area contributed by atoms with Crippen molar-refractivity contribution in [1.82, 2.24) is 10.2 Å². The fourth-order valence-corrected chi connectivity index (χ4v) is 3.21. The lowest BCUT2D eigenvalue weighted by atomic mass is 9.89. The third-order valence-electron chi connectivity index (χ3n) is 4.70. The highest BCUT2D eigenvalue weighted by Gasteiger charge is 2.39. The van der Waals surface area contributed by atoms with Gasteiger partial charge in [0.15, 0.2) is 0 Å². The molecule has 21 heavy (non-hydrogen) atoms. The van der Waals surface area contributed by atoms with Gasteiger partial charge in [-0.25, -0.2) is 0 Å². The van der Waals surface area contributed by atoms with Crippen molar-refractivity contribution < 1.29 is 9.84 Å². The van der Waals surface area contributed by atoms with Crippen molar-refractivity contribution in [3.05, 3.63) is 35.9 Å². The highest BCUT2D eigenvalue weighted by atomic mass is 16.5. The highest BCUT2D eigenvalue weighted by Crippen LogP contribution is 2.30. The Morgan fingerprint density at radius 1 is 1.29 bits per heavy atom. The summed E-state index contributed by atoms with van der Waals surface area (Å²) >= 11 is 0. The van der Waals surface area contributed by atoms with E-state index >= 15 is 0 Å². The summed E-state index contributed by atoms with van der Waals surface area (Å²) in [4.78, 5) is 2.34. The largest absolute Gasteiger partial charge is 0.394 e. The molecule has 0 spiro atoms. The van der Waals surface area contributed by atoms with Gasteiger partial charge in [-0.3, -0.25) is 4.90 Å². The quantitative estimate of drug-likeness (QED) is 0.795. The molecule has 1 aliphatic carbocycles. The van der Waals surface area contributed by atoms with Crippen LogP contribution in [-0.2, 0) is 10.3 Å². The molecule has 4 nitrogen and oxygen atoms in total. The van der Waals surface area contributed by atoms with Crippen molar-refractivity contribution in [2.75, 3.05) is 33.4 Å². The van der Waals surface area contributed by atoms with Crippen LogP contribution in [0.5, 0.6) is 0 Å². The van der Waals surface area contributed by atoms with Gasteiger partial charge in [-0.2, -0.15) is 0 Å². The van der Waals surface area contributed by atoms with Crippen molar-refractivity contribution in [3.63, 3.8) is 0 Å². The maximum absolute atomic E-state index is 10.2. The molecule has 116 valence electrons. The Hall–Kier alpha value is -0.940. The van der Waals surface area contributed by atoms with Gasteiger partial charge in [0.25, 0.3) is 0 Å². The third kappa shape index (κ3) is 3.46. The highest BCUT2D eigenvalue weighted by molar-refractivity contribution is 5.26. The predicted octanol–water partition coefficient (Wildman–Crippen LogP) is 1.35. The van der Waals surface area contributed by atoms with E-state index in [9.17, 15) is 5.11 Å². The van der Waals surface area contributed by atoms with Crippen molar-refractivity contribution >= 4 is 0 Å². The summed E-state index contributed by atoms with van der Waals surface area (Å²) in [5.41, 5.74) is 0.796. The van der Waals surface area contributed by atoms with Gasteiger partial charge in [0.2, 0.25) is 0 Å². The number of rotatable bonds is 7. The van der Waals surface area contributed by atoms with Crippen LogP contribution in [0, 0.1) is 0 Å². The Kier molecular flexibility index (Phi) is 4.60. The minimum atomic E-state index is -0.375. The second kappa shape index (κ2) is 6.44. The molecule has 2 N–H and O–H groups in total. The molecule has 0 aromatic heterocycles. The van der Waals surface area contributed by atoms with Gasteiger partial charge >= 0.3 is 0 Å². The normalized spacial score (nSPS) is 25.2. The minimum absolute atomic E-state index is 0.116. The summed E-state index contributed by atoms with van der Waals surface area (Å²) in [5, 5.41) is 13.9. The van der Waals surface area contributed by atoms with Gasteiger partial charge < -0.3 is 15.2 Å². The van der Waals surface area contributed by atoms with Crippen LogP contribution >= 0.6 is 0 Å². The van der Waals surface area contributed by atoms with Crippen LogP contribution in [0.4, 0.5) is 0 Å². The zero-order valence-electron chi connectivity index (χ0n) is 12.8. The lowest BCUT2D eigenvalue weighted by molar-refractivity contribution is 0.0889. The Bertz CT molecular complexity index is 443. The summed E-state index contributed by atoms with van der Waals surface area (Å²) in [7, 11) is 2.14. The van der Waals surface area contributed by atoms with Crippen LogP contribution < -0.4 is 5.32 Å². The number of ether oxygens (including phenoxy) is 1. The van der Waals surface area contributed by atoms with E-state index in [1.807, 2.05) is 18.2 Å². The molecule has 2 unspecified atom stereocenters. The molecule has 2 fully saturated rings. The molecule has 1 aliphatic heterocycles. The molecule has 2 aliphatic rings. The molecular weight excluding hydrogens is 264 g/mol. The molecule has 0 radical (unpaired) electrons. The van der Waals surface area contributed by atoms with Gasteiger partial charge in [-0.15, -0.1) is 0 Å². The topological polar surface area (TPSA) is 44.7 Å². The van der Waals surface area contributed by atoms with Crippen molar-refractivity contribution in [2.24, 2.45) is 0 Å². The summed E-state index contributed by atoms with van der Waals surface area (Å²) in [6.45, 7) is 2.57. The molecule has 2 atom stereocenters. The van der Waals surface area contributed by atoms with Crippen molar-refractivity contribution in [3.8, 4) is 0 Å². The smallest absolute Gasteiger partial charge is 0.0800 e. The first-order chi connectivity index (χ1) is 10.2. The monoisotopic (exact) mass is 290 g/mol. The van der Waals surface area contributed by atoms with E-state index in [0.29, 0.717) is 12.1 Å². The Balaban J connectivity index is 1.80. The van der Waals surface area contributed by atoms with Crippen molar-refractivity contribution in [1.29, 1.82) is 0 Å². The van der Waals surface area contributed by atoms with E-state index in [4.69, 9.17) is 4.74 Å². The minimum Gasteiger partial charge on any atom is -0.394 e. The van der Waals surface area contributed by atoms with Crippen LogP contribution in [-0.4, -0.2) is 55.5 Å². The standard InChI is InChI=1S/C17H26N2O2/c1-19(16-9-10-21-11-16)12-17(13-20,18-15-7-8-15)14-5-3-2-4-6-14/h2-6,15-16,18,20H,7-13H2,1H3. The average Bonchev–Trinajstić information content (AvgIpc) is 3.16. The first-order valence-corrected chi connectivity index (χ1v) is 7.95. The fourth-order valence-electron chi connectivity index (χ4n) is 3.21. The Labute approximate surface area is 127 Å². The maximum Gasteiger partial charge on any atom is 0.0800 e. The lowest BCUT2D eigenvalue weighted by Crippen LogP contribution is -2.55. The molecule has 1 saturated carbocycles. The summed E-state index contributed by atoms with van der Waals surface area (Å²) in [6.07, 6.45) is 3.51. The molecule has 4 heteroatoms. The van der Waals surface area contributed by atoms with Crippen molar-refractivity contribution in [2.45, 2.75) is 36.9 Å².